The molecule has 0 aromatic carbocycles. The summed E-state index contributed by atoms with van der Waals surface area (Å²) in [6, 6.07) is 0. The zero-order chi connectivity index (χ0) is 14.6. The van der Waals surface area contributed by atoms with Crippen LogP contribution in [0.4, 0.5) is 0 Å². The minimum Gasteiger partial charge on any atom is -0.375 e. The lowest BCUT2D eigenvalue weighted by molar-refractivity contribution is -0.183. The first-order valence-corrected chi connectivity index (χ1v) is 8.34. The van der Waals surface area contributed by atoms with Crippen molar-refractivity contribution in [2.45, 2.75) is 63.2 Å². The van der Waals surface area contributed by atoms with Crippen molar-refractivity contribution in [2.24, 2.45) is 5.92 Å². The zero-order valence-electron chi connectivity index (χ0n) is 12.9. The molecule has 1 heterocycles. The first-order chi connectivity index (χ1) is 9.44. The summed E-state index contributed by atoms with van der Waals surface area (Å²) in [5, 5.41) is 3.35. The van der Waals surface area contributed by atoms with Crippen LogP contribution < -0.4 is 10.0 Å². The first kappa shape index (κ1) is 16.1. The Labute approximate surface area is 127 Å². The molecular weight excluding hydrogens is 272 g/mol. The standard InChI is InChI=1S/C15H28N2O2S/c1-5-16-13(17-20-14(2,3)4)12-6-8-15(9-7-12)18-10-11-19-15/h5,12-13,16-17H,1,6-11H2,2-4H3. The molecule has 0 aromatic heterocycles. The molecular formula is C15H28N2O2S. The Morgan fingerprint density at radius 3 is 2.35 bits per heavy atom. The van der Waals surface area contributed by atoms with Gasteiger partial charge in [0.2, 0.25) is 0 Å². The molecule has 1 aliphatic heterocycles. The van der Waals surface area contributed by atoms with Crippen molar-refractivity contribution in [2.75, 3.05) is 13.2 Å². The molecule has 2 rings (SSSR count). The summed E-state index contributed by atoms with van der Waals surface area (Å²) in [5.74, 6) is 0.313. The van der Waals surface area contributed by atoms with Crippen LogP contribution in [-0.2, 0) is 9.47 Å². The highest BCUT2D eigenvalue weighted by Crippen LogP contribution is 2.39. The number of hydrogen-bond donors (Lipinski definition) is 2. The Morgan fingerprint density at radius 1 is 1.25 bits per heavy atom. The van der Waals surface area contributed by atoms with Crippen molar-refractivity contribution in [3.8, 4) is 0 Å². The lowest BCUT2D eigenvalue weighted by atomic mass is 9.83. The maximum atomic E-state index is 5.80. The molecule has 2 N–H and O–H groups in total. The molecule has 0 amide bonds. The number of ether oxygens (including phenoxy) is 2. The average molecular weight is 300 g/mol. The second kappa shape index (κ2) is 6.69. The second-order valence-corrected chi connectivity index (χ2v) is 8.29. The van der Waals surface area contributed by atoms with Gasteiger partial charge in [0.05, 0.1) is 19.4 Å². The van der Waals surface area contributed by atoms with Gasteiger partial charge >= 0.3 is 0 Å². The fourth-order valence-electron chi connectivity index (χ4n) is 2.83. The van der Waals surface area contributed by atoms with Crippen LogP contribution in [0, 0.1) is 5.92 Å². The summed E-state index contributed by atoms with van der Waals surface area (Å²) >= 11 is 1.78. The second-order valence-electron chi connectivity index (χ2n) is 6.63. The fourth-order valence-corrected chi connectivity index (χ4v) is 3.57. The maximum absolute atomic E-state index is 5.80. The zero-order valence-corrected chi connectivity index (χ0v) is 13.7. The van der Waals surface area contributed by atoms with E-state index >= 15 is 0 Å². The Kier molecular flexibility index (Phi) is 5.40. The van der Waals surface area contributed by atoms with Gasteiger partial charge in [-0.3, -0.25) is 0 Å². The highest BCUT2D eigenvalue weighted by molar-refractivity contribution is 7.98. The van der Waals surface area contributed by atoms with Crippen LogP contribution in [0.2, 0.25) is 0 Å². The van der Waals surface area contributed by atoms with Gasteiger partial charge in [-0.2, -0.15) is 0 Å². The van der Waals surface area contributed by atoms with Gasteiger partial charge < -0.3 is 14.8 Å². The van der Waals surface area contributed by atoms with Gasteiger partial charge in [0.1, 0.15) is 0 Å². The van der Waals surface area contributed by atoms with Gasteiger partial charge in [-0.15, -0.1) is 0 Å². The lowest BCUT2D eigenvalue weighted by Crippen LogP contribution is -2.47. The highest BCUT2D eigenvalue weighted by atomic mass is 32.2. The largest absolute Gasteiger partial charge is 0.375 e. The summed E-state index contributed by atoms with van der Waals surface area (Å²) in [6.45, 7) is 11.9. The molecule has 0 radical (unpaired) electrons. The topological polar surface area (TPSA) is 42.5 Å². The predicted molar refractivity (Wildman–Crippen MR) is 84.2 cm³/mol. The molecule has 2 aliphatic rings. The van der Waals surface area contributed by atoms with Crippen molar-refractivity contribution in [3.63, 3.8) is 0 Å². The fraction of sp³-hybridized carbons (Fsp3) is 0.867. The van der Waals surface area contributed by atoms with E-state index in [0.717, 1.165) is 38.9 Å². The van der Waals surface area contributed by atoms with Gasteiger partial charge in [-0.25, -0.2) is 4.72 Å². The Balaban J connectivity index is 1.85. The summed E-state index contributed by atoms with van der Waals surface area (Å²) in [4.78, 5) is 0. The summed E-state index contributed by atoms with van der Waals surface area (Å²) < 4.78 is 15.4. The van der Waals surface area contributed by atoms with Crippen LogP contribution in [-0.4, -0.2) is 29.9 Å². The molecule has 1 saturated carbocycles. The van der Waals surface area contributed by atoms with Crippen LogP contribution in [0.25, 0.3) is 0 Å². The molecule has 1 unspecified atom stereocenters. The van der Waals surface area contributed by atoms with Gasteiger partial charge in [-0.1, -0.05) is 18.5 Å². The van der Waals surface area contributed by atoms with E-state index in [9.17, 15) is 0 Å². The third-order valence-electron chi connectivity index (χ3n) is 3.87. The first-order valence-electron chi connectivity index (χ1n) is 7.53. The van der Waals surface area contributed by atoms with Crippen LogP contribution in [0.5, 0.6) is 0 Å². The number of nitrogens with one attached hydrogen (secondary N) is 2. The molecule has 20 heavy (non-hydrogen) atoms. The summed E-state index contributed by atoms with van der Waals surface area (Å²) in [5.41, 5.74) is 0. The van der Waals surface area contributed by atoms with E-state index in [-0.39, 0.29) is 16.7 Å². The average Bonchev–Trinajstić information content (AvgIpc) is 2.83. The van der Waals surface area contributed by atoms with E-state index in [1.165, 1.54) is 0 Å². The quantitative estimate of drug-likeness (QED) is 0.603. The van der Waals surface area contributed by atoms with Gasteiger partial charge in [0, 0.05) is 17.6 Å². The lowest BCUT2D eigenvalue weighted by Gasteiger charge is -2.39. The minimum atomic E-state index is -0.271. The van der Waals surface area contributed by atoms with Crippen molar-refractivity contribution in [1.29, 1.82) is 0 Å². The van der Waals surface area contributed by atoms with E-state index in [2.05, 4.69) is 37.4 Å². The molecule has 0 aromatic rings. The van der Waals surface area contributed by atoms with Crippen molar-refractivity contribution in [1.82, 2.24) is 10.0 Å². The molecule has 0 bridgehead atoms. The van der Waals surface area contributed by atoms with Crippen molar-refractivity contribution < 1.29 is 9.47 Å². The van der Waals surface area contributed by atoms with Crippen LogP contribution in [0.15, 0.2) is 12.8 Å². The number of rotatable bonds is 5. The van der Waals surface area contributed by atoms with E-state index < -0.39 is 0 Å². The van der Waals surface area contributed by atoms with Crippen molar-refractivity contribution in [3.05, 3.63) is 12.8 Å². The van der Waals surface area contributed by atoms with Crippen molar-refractivity contribution >= 4 is 11.9 Å². The Morgan fingerprint density at radius 2 is 1.85 bits per heavy atom. The van der Waals surface area contributed by atoms with Crippen LogP contribution >= 0.6 is 11.9 Å². The Hall–Kier alpha value is -0.230. The van der Waals surface area contributed by atoms with Gasteiger partial charge in [0.25, 0.3) is 0 Å². The Bertz CT molecular complexity index is 314. The summed E-state index contributed by atoms with van der Waals surface area (Å²) in [6.07, 6.45) is 6.26. The molecule has 1 saturated heterocycles. The van der Waals surface area contributed by atoms with Gasteiger partial charge in [-0.05, 0) is 45.7 Å². The molecule has 2 fully saturated rings. The molecule has 4 nitrogen and oxygen atoms in total. The van der Waals surface area contributed by atoms with E-state index in [0.29, 0.717) is 5.92 Å². The highest BCUT2D eigenvalue weighted by Gasteiger charge is 2.41. The smallest absolute Gasteiger partial charge is 0.168 e. The van der Waals surface area contributed by atoms with E-state index in [1.54, 1.807) is 18.1 Å². The number of hydrogen-bond acceptors (Lipinski definition) is 5. The summed E-state index contributed by atoms with van der Waals surface area (Å²) in [7, 11) is 0. The third kappa shape index (κ3) is 4.38. The van der Waals surface area contributed by atoms with Gasteiger partial charge in [0.15, 0.2) is 5.79 Å². The van der Waals surface area contributed by atoms with E-state index in [1.807, 2.05) is 0 Å². The monoisotopic (exact) mass is 300 g/mol. The normalized spacial score (nSPS) is 24.8. The minimum absolute atomic E-state index is 0.203. The molecule has 116 valence electrons. The molecule has 5 heteroatoms. The van der Waals surface area contributed by atoms with Crippen LogP contribution in [0.1, 0.15) is 46.5 Å². The molecule has 1 aliphatic carbocycles. The van der Waals surface area contributed by atoms with E-state index in [4.69, 9.17) is 9.47 Å². The maximum Gasteiger partial charge on any atom is 0.168 e. The predicted octanol–water partition coefficient (Wildman–Crippen LogP) is 3.02. The third-order valence-corrected chi connectivity index (χ3v) is 4.85. The SMILES string of the molecule is C=CNC(NSC(C)(C)C)C1CCC2(CC1)OCCO2. The molecule has 1 atom stereocenters. The van der Waals surface area contributed by atoms with Crippen LogP contribution in [0.3, 0.4) is 0 Å². The molecule has 1 spiro atoms.